The van der Waals surface area contributed by atoms with Gasteiger partial charge in [0.15, 0.2) is 0 Å². The highest BCUT2D eigenvalue weighted by Crippen LogP contribution is 2.21. The molecule has 0 bridgehead atoms. The number of benzene rings is 1. The second-order valence-electron chi connectivity index (χ2n) is 3.52. The number of nitrogens with zero attached hydrogens (tertiary/aromatic N) is 3. The van der Waals surface area contributed by atoms with Crippen LogP contribution >= 0.6 is 11.6 Å². The molecule has 0 atom stereocenters. The Morgan fingerprint density at radius 1 is 1.32 bits per heavy atom. The third kappa shape index (κ3) is 3.65. The normalized spacial score (nSPS) is 10.3. The van der Waals surface area contributed by atoms with Crippen LogP contribution in [0.1, 0.15) is 6.92 Å². The Morgan fingerprint density at radius 2 is 2.11 bits per heavy atom. The first-order valence-electron chi connectivity index (χ1n) is 5.44. The number of rotatable bonds is 4. The molecular formula is C11H11ClFN5O. The van der Waals surface area contributed by atoms with Gasteiger partial charge in [0.25, 0.3) is 0 Å². The zero-order chi connectivity index (χ0) is 13.8. The van der Waals surface area contributed by atoms with Crippen molar-refractivity contribution in [3.63, 3.8) is 0 Å². The fourth-order valence-electron chi connectivity index (χ4n) is 1.38. The maximum atomic E-state index is 13.2. The zero-order valence-corrected chi connectivity index (χ0v) is 10.8. The predicted molar refractivity (Wildman–Crippen MR) is 70.1 cm³/mol. The number of anilines is 3. The molecule has 2 rings (SSSR count). The molecule has 19 heavy (non-hydrogen) atoms. The third-order valence-electron chi connectivity index (χ3n) is 2.02. The molecule has 100 valence electrons. The summed E-state index contributed by atoms with van der Waals surface area (Å²) in [5.74, 6) is -0.317. The van der Waals surface area contributed by atoms with Gasteiger partial charge in [-0.05, 0) is 25.1 Å². The van der Waals surface area contributed by atoms with Crippen molar-refractivity contribution in [2.45, 2.75) is 6.92 Å². The zero-order valence-electron chi connectivity index (χ0n) is 10.0. The van der Waals surface area contributed by atoms with E-state index in [1.165, 1.54) is 18.2 Å². The van der Waals surface area contributed by atoms with E-state index in [1.807, 2.05) is 0 Å². The number of hydrogen-bond acceptors (Lipinski definition) is 6. The summed E-state index contributed by atoms with van der Waals surface area (Å²) in [5, 5.41) is 3.04. The van der Waals surface area contributed by atoms with E-state index in [0.717, 1.165) is 0 Å². The van der Waals surface area contributed by atoms with E-state index < -0.39 is 5.82 Å². The first kappa shape index (κ1) is 13.3. The standard InChI is InChI=1S/C11H11ClFN5O/c1-2-19-11-17-9(14)16-10(18-11)15-8-4-6(12)3-7(13)5-8/h3-5H,2H2,1H3,(H3,14,15,16,17,18). The van der Waals surface area contributed by atoms with Crippen molar-refractivity contribution in [3.05, 3.63) is 29.0 Å². The van der Waals surface area contributed by atoms with E-state index in [4.69, 9.17) is 22.1 Å². The second kappa shape index (κ2) is 5.66. The minimum absolute atomic E-state index is 0.00319. The molecule has 6 nitrogen and oxygen atoms in total. The topological polar surface area (TPSA) is 86.0 Å². The minimum Gasteiger partial charge on any atom is -0.464 e. The summed E-state index contributed by atoms with van der Waals surface area (Å²) in [6.45, 7) is 2.19. The fraction of sp³-hybridized carbons (Fsp3) is 0.182. The molecule has 0 fully saturated rings. The molecule has 0 amide bonds. The van der Waals surface area contributed by atoms with Crippen molar-refractivity contribution >= 4 is 29.2 Å². The highest BCUT2D eigenvalue weighted by molar-refractivity contribution is 6.30. The number of nitrogens with two attached hydrogens (primary N) is 1. The third-order valence-corrected chi connectivity index (χ3v) is 2.24. The number of halogens is 2. The minimum atomic E-state index is -0.470. The first-order valence-corrected chi connectivity index (χ1v) is 5.82. The molecule has 2 aromatic rings. The summed E-state index contributed by atoms with van der Waals surface area (Å²) in [5.41, 5.74) is 5.92. The number of nitrogens with one attached hydrogen (secondary N) is 1. The molecule has 1 heterocycles. The van der Waals surface area contributed by atoms with Gasteiger partial charge in [0.1, 0.15) is 5.82 Å². The number of nitrogen functional groups attached to an aromatic ring is 1. The first-order chi connectivity index (χ1) is 9.06. The van der Waals surface area contributed by atoms with E-state index in [-0.39, 0.29) is 22.9 Å². The molecule has 0 spiro atoms. The SMILES string of the molecule is CCOc1nc(N)nc(Nc2cc(F)cc(Cl)c2)n1. The molecule has 0 aliphatic heterocycles. The van der Waals surface area contributed by atoms with Gasteiger partial charge < -0.3 is 15.8 Å². The Labute approximate surface area is 113 Å². The van der Waals surface area contributed by atoms with Crippen LogP contribution in [0.5, 0.6) is 6.01 Å². The van der Waals surface area contributed by atoms with Crippen LogP contribution in [0.15, 0.2) is 18.2 Å². The number of aromatic nitrogens is 3. The average Bonchev–Trinajstić information content (AvgIpc) is 2.26. The summed E-state index contributed by atoms with van der Waals surface area (Å²) in [6, 6.07) is 4.08. The van der Waals surface area contributed by atoms with Crippen LogP contribution in [0.4, 0.5) is 22.0 Å². The van der Waals surface area contributed by atoms with Gasteiger partial charge in [-0.1, -0.05) is 11.6 Å². The average molecular weight is 284 g/mol. The van der Waals surface area contributed by atoms with E-state index >= 15 is 0 Å². The maximum absolute atomic E-state index is 13.2. The lowest BCUT2D eigenvalue weighted by molar-refractivity contribution is 0.312. The van der Waals surface area contributed by atoms with Crippen LogP contribution in [0, 0.1) is 5.82 Å². The van der Waals surface area contributed by atoms with Gasteiger partial charge >= 0.3 is 6.01 Å². The monoisotopic (exact) mass is 283 g/mol. The van der Waals surface area contributed by atoms with Crippen molar-refractivity contribution in [2.24, 2.45) is 0 Å². The predicted octanol–water partition coefficient (Wildman–Crippen LogP) is 2.39. The van der Waals surface area contributed by atoms with Gasteiger partial charge in [0, 0.05) is 10.7 Å². The Kier molecular flexibility index (Phi) is 3.96. The van der Waals surface area contributed by atoms with E-state index in [1.54, 1.807) is 6.92 Å². The molecule has 1 aromatic carbocycles. The van der Waals surface area contributed by atoms with Crippen molar-refractivity contribution in [3.8, 4) is 6.01 Å². The highest BCUT2D eigenvalue weighted by Gasteiger charge is 2.06. The van der Waals surface area contributed by atoms with Crippen molar-refractivity contribution in [2.75, 3.05) is 17.7 Å². The number of hydrogen-bond donors (Lipinski definition) is 2. The van der Waals surface area contributed by atoms with Gasteiger partial charge in [-0.15, -0.1) is 0 Å². The molecule has 0 saturated heterocycles. The lowest BCUT2D eigenvalue weighted by Gasteiger charge is -2.07. The van der Waals surface area contributed by atoms with Crippen molar-refractivity contribution < 1.29 is 9.13 Å². The lowest BCUT2D eigenvalue weighted by atomic mass is 10.3. The van der Waals surface area contributed by atoms with Crippen LogP contribution in [0.25, 0.3) is 0 Å². The Bertz CT molecular complexity index is 575. The summed E-state index contributed by atoms with van der Waals surface area (Å²) in [7, 11) is 0. The molecule has 0 unspecified atom stereocenters. The van der Waals surface area contributed by atoms with Gasteiger partial charge in [0.2, 0.25) is 11.9 Å². The van der Waals surface area contributed by atoms with E-state index in [2.05, 4.69) is 20.3 Å². The molecule has 8 heteroatoms. The fourth-order valence-corrected chi connectivity index (χ4v) is 1.60. The molecule has 0 aliphatic rings. The molecule has 1 aromatic heterocycles. The second-order valence-corrected chi connectivity index (χ2v) is 3.95. The van der Waals surface area contributed by atoms with E-state index in [0.29, 0.717) is 12.3 Å². The van der Waals surface area contributed by atoms with Crippen LogP contribution in [-0.4, -0.2) is 21.6 Å². The van der Waals surface area contributed by atoms with Crippen LogP contribution in [0.3, 0.4) is 0 Å². The van der Waals surface area contributed by atoms with Gasteiger partial charge in [-0.2, -0.15) is 15.0 Å². The van der Waals surface area contributed by atoms with Crippen molar-refractivity contribution in [1.29, 1.82) is 0 Å². The molecule has 0 radical (unpaired) electrons. The van der Waals surface area contributed by atoms with Crippen LogP contribution < -0.4 is 15.8 Å². The van der Waals surface area contributed by atoms with Crippen molar-refractivity contribution in [1.82, 2.24) is 15.0 Å². The summed E-state index contributed by atoms with van der Waals surface area (Å²) >= 11 is 5.75. The maximum Gasteiger partial charge on any atom is 0.323 e. The summed E-state index contributed by atoms with van der Waals surface area (Å²) < 4.78 is 18.3. The van der Waals surface area contributed by atoms with E-state index in [9.17, 15) is 4.39 Å². The Hall–Kier alpha value is -2.15. The van der Waals surface area contributed by atoms with Gasteiger partial charge in [-0.3, -0.25) is 0 Å². The Morgan fingerprint density at radius 3 is 2.79 bits per heavy atom. The lowest BCUT2D eigenvalue weighted by Crippen LogP contribution is -2.06. The van der Waals surface area contributed by atoms with Crippen LogP contribution in [0.2, 0.25) is 5.02 Å². The smallest absolute Gasteiger partial charge is 0.323 e. The van der Waals surface area contributed by atoms with Crippen LogP contribution in [-0.2, 0) is 0 Å². The highest BCUT2D eigenvalue weighted by atomic mass is 35.5. The molecule has 0 aliphatic carbocycles. The molecule has 0 saturated carbocycles. The Balaban J connectivity index is 2.27. The number of ether oxygens (including phenoxy) is 1. The largest absolute Gasteiger partial charge is 0.464 e. The van der Waals surface area contributed by atoms with Gasteiger partial charge in [-0.25, -0.2) is 4.39 Å². The van der Waals surface area contributed by atoms with Gasteiger partial charge in [0.05, 0.1) is 6.61 Å². The summed E-state index contributed by atoms with van der Waals surface area (Å²) in [4.78, 5) is 11.6. The summed E-state index contributed by atoms with van der Waals surface area (Å²) in [6.07, 6.45) is 0. The molecular weight excluding hydrogens is 273 g/mol. The quantitative estimate of drug-likeness (QED) is 0.896. The molecule has 3 N–H and O–H groups in total.